The van der Waals surface area contributed by atoms with Crippen LogP contribution in [-0.2, 0) is 0 Å². The minimum absolute atomic E-state index is 0.0417. The van der Waals surface area contributed by atoms with Crippen molar-refractivity contribution >= 4 is 17.3 Å². The third kappa shape index (κ3) is 3.92. The minimum atomic E-state index is -0.0417. The van der Waals surface area contributed by atoms with Crippen molar-refractivity contribution in [2.24, 2.45) is 0 Å². The van der Waals surface area contributed by atoms with Gasteiger partial charge in [0.15, 0.2) is 11.6 Å². The van der Waals surface area contributed by atoms with E-state index in [1.54, 1.807) is 6.33 Å². The van der Waals surface area contributed by atoms with E-state index in [9.17, 15) is 0 Å². The molecule has 4 rings (SSSR count). The largest absolute Gasteiger partial charge is 0.393 e. The third-order valence-electron chi connectivity index (χ3n) is 5.21. The molecular weight excluding hydrogens is 348 g/mol. The predicted octanol–water partition coefficient (Wildman–Crippen LogP) is 3.01. The summed E-state index contributed by atoms with van der Waals surface area (Å²) in [5, 5.41) is 3.55. The van der Waals surface area contributed by atoms with Crippen LogP contribution in [0.5, 0.6) is 0 Å². The molecule has 0 saturated carbocycles. The van der Waals surface area contributed by atoms with Crippen LogP contribution < -0.4 is 16.0 Å². The van der Waals surface area contributed by atoms with Gasteiger partial charge in [-0.15, -0.1) is 0 Å². The molecule has 2 aromatic carbocycles. The maximum Gasteiger partial charge on any atom is 0.157 e. The molecule has 144 valence electrons. The number of piperazine rings is 1. The summed E-state index contributed by atoms with van der Waals surface area (Å²) in [6.45, 7) is 3.83. The van der Waals surface area contributed by atoms with Gasteiger partial charge in [-0.3, -0.25) is 0 Å². The van der Waals surface area contributed by atoms with Gasteiger partial charge >= 0.3 is 0 Å². The van der Waals surface area contributed by atoms with Crippen LogP contribution in [0.4, 0.5) is 17.3 Å². The Balaban J connectivity index is 1.65. The zero-order valence-electron chi connectivity index (χ0n) is 16.1. The molecule has 1 fully saturated rings. The van der Waals surface area contributed by atoms with E-state index < -0.39 is 0 Å². The summed E-state index contributed by atoms with van der Waals surface area (Å²) in [6, 6.07) is 20.7. The fraction of sp³-hybridized carbons (Fsp3) is 0.273. The lowest BCUT2D eigenvalue weighted by molar-refractivity contribution is 0.312. The van der Waals surface area contributed by atoms with E-state index in [1.807, 2.05) is 36.4 Å². The van der Waals surface area contributed by atoms with Crippen molar-refractivity contribution in [3.63, 3.8) is 0 Å². The molecule has 0 atom stereocenters. The van der Waals surface area contributed by atoms with Gasteiger partial charge in [0, 0.05) is 26.2 Å². The number of likely N-dealkylation sites (N-methyl/N-ethyl adjacent to an activating group) is 1. The van der Waals surface area contributed by atoms with Crippen LogP contribution >= 0.6 is 0 Å². The van der Waals surface area contributed by atoms with Crippen molar-refractivity contribution in [3.8, 4) is 0 Å². The molecule has 1 aliphatic heterocycles. The molecule has 6 nitrogen and oxygen atoms in total. The standard InChI is InChI=1S/C22H26N6/c1-27-12-14-28(15-13-27)22-19(23)21(24-16-25-22)26-20(17-8-4-2-5-9-17)18-10-6-3-7-11-18/h2-11,16,20H,12-15,23H2,1H3,(H,24,25,26). The summed E-state index contributed by atoms with van der Waals surface area (Å²) in [7, 11) is 2.14. The van der Waals surface area contributed by atoms with Crippen molar-refractivity contribution in [1.29, 1.82) is 0 Å². The van der Waals surface area contributed by atoms with Gasteiger partial charge in [-0.05, 0) is 18.2 Å². The van der Waals surface area contributed by atoms with Crippen LogP contribution in [0.3, 0.4) is 0 Å². The molecule has 3 aromatic rings. The van der Waals surface area contributed by atoms with Gasteiger partial charge < -0.3 is 20.9 Å². The fourth-order valence-electron chi connectivity index (χ4n) is 3.56. The molecule has 0 spiro atoms. The van der Waals surface area contributed by atoms with Gasteiger partial charge in [0.05, 0.1) is 6.04 Å². The van der Waals surface area contributed by atoms with Crippen LogP contribution in [-0.4, -0.2) is 48.1 Å². The zero-order chi connectivity index (χ0) is 19.3. The highest BCUT2D eigenvalue weighted by Crippen LogP contribution is 2.32. The monoisotopic (exact) mass is 374 g/mol. The van der Waals surface area contributed by atoms with E-state index >= 15 is 0 Å². The van der Waals surface area contributed by atoms with Crippen molar-refractivity contribution in [2.45, 2.75) is 6.04 Å². The molecule has 6 heteroatoms. The normalized spacial score (nSPS) is 15.0. The molecule has 1 saturated heterocycles. The Morgan fingerprint density at radius 3 is 2.00 bits per heavy atom. The van der Waals surface area contributed by atoms with Gasteiger partial charge in [-0.2, -0.15) is 0 Å². The van der Waals surface area contributed by atoms with Gasteiger partial charge in [0.2, 0.25) is 0 Å². The van der Waals surface area contributed by atoms with Crippen molar-refractivity contribution in [3.05, 3.63) is 78.1 Å². The smallest absolute Gasteiger partial charge is 0.157 e. The second-order valence-corrected chi connectivity index (χ2v) is 7.15. The number of rotatable bonds is 5. The van der Waals surface area contributed by atoms with E-state index in [0.717, 1.165) is 43.1 Å². The second-order valence-electron chi connectivity index (χ2n) is 7.15. The Hall–Kier alpha value is -3.12. The summed E-state index contributed by atoms with van der Waals surface area (Å²) in [5.41, 5.74) is 9.43. The lowest BCUT2D eigenvalue weighted by atomic mass is 9.99. The molecule has 0 aliphatic carbocycles. The summed E-state index contributed by atoms with van der Waals surface area (Å²) in [5.74, 6) is 1.48. The van der Waals surface area contributed by atoms with E-state index in [1.165, 1.54) is 0 Å². The number of hydrogen-bond acceptors (Lipinski definition) is 6. The molecule has 28 heavy (non-hydrogen) atoms. The molecule has 0 radical (unpaired) electrons. The highest BCUT2D eigenvalue weighted by molar-refractivity contribution is 5.75. The molecule has 0 bridgehead atoms. The van der Waals surface area contributed by atoms with Gasteiger partial charge in [-0.25, -0.2) is 9.97 Å². The first-order valence-electron chi connectivity index (χ1n) is 9.63. The minimum Gasteiger partial charge on any atom is -0.393 e. The van der Waals surface area contributed by atoms with Gasteiger partial charge in [-0.1, -0.05) is 60.7 Å². The van der Waals surface area contributed by atoms with Crippen LogP contribution in [0.15, 0.2) is 67.0 Å². The Bertz CT molecular complexity index is 852. The SMILES string of the molecule is CN1CCN(c2ncnc(NC(c3ccccc3)c3ccccc3)c2N)CC1. The maximum absolute atomic E-state index is 6.51. The molecule has 0 unspecified atom stereocenters. The third-order valence-corrected chi connectivity index (χ3v) is 5.21. The quantitative estimate of drug-likeness (QED) is 0.715. The number of nitrogens with one attached hydrogen (secondary N) is 1. The first-order valence-corrected chi connectivity index (χ1v) is 9.63. The number of nitrogen functional groups attached to an aromatic ring is 1. The number of anilines is 3. The van der Waals surface area contributed by atoms with E-state index in [0.29, 0.717) is 11.5 Å². The van der Waals surface area contributed by atoms with E-state index in [-0.39, 0.29) is 6.04 Å². The molecular formula is C22H26N6. The topological polar surface area (TPSA) is 70.3 Å². The van der Waals surface area contributed by atoms with E-state index in [2.05, 4.69) is 56.4 Å². The second kappa shape index (κ2) is 8.27. The number of nitrogens with two attached hydrogens (primary N) is 1. The number of aromatic nitrogens is 2. The summed E-state index contributed by atoms with van der Waals surface area (Å²) in [6.07, 6.45) is 1.60. The maximum atomic E-state index is 6.51. The molecule has 0 amide bonds. The Kier molecular flexibility index (Phi) is 5.39. The number of nitrogens with zero attached hydrogens (tertiary/aromatic N) is 4. The predicted molar refractivity (Wildman–Crippen MR) is 115 cm³/mol. The number of hydrogen-bond donors (Lipinski definition) is 2. The van der Waals surface area contributed by atoms with Crippen LogP contribution in [0.25, 0.3) is 0 Å². The first kappa shape index (κ1) is 18.3. The summed E-state index contributed by atoms with van der Waals surface area (Å²) in [4.78, 5) is 13.5. The molecule has 3 N–H and O–H groups in total. The lowest BCUT2D eigenvalue weighted by Gasteiger charge is -2.34. The molecule has 1 aliphatic rings. The average molecular weight is 374 g/mol. The Labute approximate surface area is 166 Å². The van der Waals surface area contributed by atoms with Crippen LogP contribution in [0.2, 0.25) is 0 Å². The zero-order valence-corrected chi connectivity index (χ0v) is 16.1. The Morgan fingerprint density at radius 2 is 1.43 bits per heavy atom. The first-order chi connectivity index (χ1) is 13.7. The summed E-state index contributed by atoms with van der Waals surface area (Å²) < 4.78 is 0. The summed E-state index contributed by atoms with van der Waals surface area (Å²) >= 11 is 0. The van der Waals surface area contributed by atoms with Crippen molar-refractivity contribution in [1.82, 2.24) is 14.9 Å². The van der Waals surface area contributed by atoms with Crippen LogP contribution in [0, 0.1) is 0 Å². The van der Waals surface area contributed by atoms with Gasteiger partial charge in [0.1, 0.15) is 12.0 Å². The molecule has 1 aromatic heterocycles. The average Bonchev–Trinajstić information content (AvgIpc) is 2.75. The van der Waals surface area contributed by atoms with E-state index in [4.69, 9.17) is 5.73 Å². The van der Waals surface area contributed by atoms with Crippen LogP contribution in [0.1, 0.15) is 17.2 Å². The number of benzene rings is 2. The molecule has 2 heterocycles. The van der Waals surface area contributed by atoms with Crippen molar-refractivity contribution in [2.75, 3.05) is 49.2 Å². The highest BCUT2D eigenvalue weighted by Gasteiger charge is 2.21. The fourth-order valence-corrected chi connectivity index (χ4v) is 3.56. The Morgan fingerprint density at radius 1 is 0.857 bits per heavy atom. The van der Waals surface area contributed by atoms with Crippen molar-refractivity contribution < 1.29 is 0 Å². The van der Waals surface area contributed by atoms with Gasteiger partial charge in [0.25, 0.3) is 0 Å². The highest BCUT2D eigenvalue weighted by atomic mass is 15.3. The lowest BCUT2D eigenvalue weighted by Crippen LogP contribution is -2.45.